The average Bonchev–Trinajstić information content (AvgIpc) is 2.57. The van der Waals surface area contributed by atoms with Crippen molar-refractivity contribution in [1.29, 1.82) is 0 Å². The van der Waals surface area contributed by atoms with E-state index in [0.29, 0.717) is 0 Å². The Balaban J connectivity index is 2.67. The third-order valence-electron chi connectivity index (χ3n) is 2.89. The van der Waals surface area contributed by atoms with Crippen LogP contribution in [0.1, 0.15) is 47.2 Å². The summed E-state index contributed by atoms with van der Waals surface area (Å²) >= 11 is 0. The van der Waals surface area contributed by atoms with E-state index in [1.807, 2.05) is 6.33 Å². The van der Waals surface area contributed by atoms with Crippen molar-refractivity contribution in [3.63, 3.8) is 0 Å². The second-order valence-electron chi connectivity index (χ2n) is 6.57. The lowest BCUT2D eigenvalue weighted by molar-refractivity contribution is 0.405. The Morgan fingerprint density at radius 2 is 1.65 bits per heavy atom. The van der Waals surface area contributed by atoms with E-state index in [0.717, 1.165) is 16.9 Å². The van der Waals surface area contributed by atoms with Crippen LogP contribution in [0.25, 0.3) is 11.2 Å². The van der Waals surface area contributed by atoms with Gasteiger partial charge in [-0.05, 0) is 32.9 Å². The van der Waals surface area contributed by atoms with Crippen molar-refractivity contribution in [1.82, 2.24) is 14.5 Å². The van der Waals surface area contributed by atoms with Gasteiger partial charge in [-0.15, -0.1) is 0 Å². The van der Waals surface area contributed by atoms with Crippen molar-refractivity contribution in [3.05, 3.63) is 24.2 Å². The standard InChI is InChI=1S/C14H21N3/c1-13(2,3)11-8-7-10-12(16-11)17(9-15-10)14(4,5)6/h7-9H,1-6H3. The maximum atomic E-state index is 4.77. The van der Waals surface area contributed by atoms with Crippen molar-refractivity contribution in [2.75, 3.05) is 0 Å². The van der Waals surface area contributed by atoms with Gasteiger partial charge >= 0.3 is 0 Å². The molecule has 2 aromatic heterocycles. The first-order valence-corrected chi connectivity index (χ1v) is 6.05. The van der Waals surface area contributed by atoms with Crippen LogP contribution in [0, 0.1) is 0 Å². The summed E-state index contributed by atoms with van der Waals surface area (Å²) in [7, 11) is 0. The number of imidazole rings is 1. The highest BCUT2D eigenvalue weighted by Crippen LogP contribution is 2.25. The van der Waals surface area contributed by atoms with E-state index in [9.17, 15) is 0 Å². The van der Waals surface area contributed by atoms with Crippen LogP contribution in [-0.4, -0.2) is 14.5 Å². The summed E-state index contributed by atoms with van der Waals surface area (Å²) in [6, 6.07) is 4.13. The maximum Gasteiger partial charge on any atom is 0.160 e. The fourth-order valence-electron chi connectivity index (χ4n) is 1.80. The molecule has 3 heteroatoms. The van der Waals surface area contributed by atoms with E-state index >= 15 is 0 Å². The zero-order valence-electron chi connectivity index (χ0n) is 11.6. The van der Waals surface area contributed by atoms with Crippen molar-refractivity contribution < 1.29 is 0 Å². The predicted octanol–water partition coefficient (Wildman–Crippen LogP) is 3.48. The van der Waals surface area contributed by atoms with Gasteiger partial charge in [0.1, 0.15) is 5.52 Å². The lowest BCUT2D eigenvalue weighted by Crippen LogP contribution is -2.22. The molecule has 0 fully saturated rings. The molecule has 92 valence electrons. The SMILES string of the molecule is CC(C)(C)c1ccc2ncn(C(C)(C)C)c2n1. The van der Waals surface area contributed by atoms with Crippen molar-refractivity contribution in [3.8, 4) is 0 Å². The molecule has 0 saturated heterocycles. The molecule has 0 atom stereocenters. The summed E-state index contributed by atoms with van der Waals surface area (Å²) in [5.41, 5.74) is 3.13. The lowest BCUT2D eigenvalue weighted by atomic mass is 9.92. The summed E-state index contributed by atoms with van der Waals surface area (Å²) in [5.74, 6) is 0. The van der Waals surface area contributed by atoms with E-state index in [4.69, 9.17) is 4.98 Å². The topological polar surface area (TPSA) is 30.7 Å². The second kappa shape index (κ2) is 3.56. The number of rotatable bonds is 0. The van der Waals surface area contributed by atoms with Gasteiger partial charge in [0.05, 0.1) is 6.33 Å². The van der Waals surface area contributed by atoms with Gasteiger partial charge in [0, 0.05) is 16.6 Å². The van der Waals surface area contributed by atoms with Gasteiger partial charge in [0.25, 0.3) is 0 Å². The first-order valence-electron chi connectivity index (χ1n) is 6.05. The van der Waals surface area contributed by atoms with Gasteiger partial charge in [-0.1, -0.05) is 20.8 Å². The molecule has 0 spiro atoms. The lowest BCUT2D eigenvalue weighted by Gasteiger charge is -2.22. The van der Waals surface area contributed by atoms with Crippen LogP contribution in [0.3, 0.4) is 0 Å². The highest BCUT2D eigenvalue weighted by atomic mass is 15.1. The molecule has 0 bridgehead atoms. The normalized spacial score (nSPS) is 13.3. The van der Waals surface area contributed by atoms with Crippen molar-refractivity contribution in [2.24, 2.45) is 0 Å². The van der Waals surface area contributed by atoms with Crippen LogP contribution in [-0.2, 0) is 11.0 Å². The van der Waals surface area contributed by atoms with E-state index in [-0.39, 0.29) is 11.0 Å². The van der Waals surface area contributed by atoms with Gasteiger partial charge in [-0.2, -0.15) is 0 Å². The fraction of sp³-hybridized carbons (Fsp3) is 0.571. The maximum absolute atomic E-state index is 4.77. The van der Waals surface area contributed by atoms with Gasteiger partial charge in [-0.3, -0.25) is 0 Å². The third-order valence-corrected chi connectivity index (χ3v) is 2.89. The van der Waals surface area contributed by atoms with Gasteiger partial charge in [0.2, 0.25) is 0 Å². The quantitative estimate of drug-likeness (QED) is 0.695. The van der Waals surface area contributed by atoms with E-state index in [1.165, 1.54) is 0 Å². The molecule has 2 aromatic rings. The van der Waals surface area contributed by atoms with E-state index in [2.05, 4.69) is 63.2 Å². The first-order chi connectivity index (χ1) is 7.69. The molecule has 0 saturated carbocycles. The smallest absolute Gasteiger partial charge is 0.160 e. The van der Waals surface area contributed by atoms with Crippen LogP contribution in [0.2, 0.25) is 0 Å². The molecule has 0 aliphatic heterocycles. The Morgan fingerprint density at radius 3 is 2.18 bits per heavy atom. The molecule has 2 rings (SSSR count). The summed E-state index contributed by atoms with van der Waals surface area (Å²) in [6.45, 7) is 13.0. The van der Waals surface area contributed by atoms with Crippen LogP contribution < -0.4 is 0 Å². The average molecular weight is 231 g/mol. The Hall–Kier alpha value is -1.38. The molecule has 0 amide bonds. The van der Waals surface area contributed by atoms with Crippen molar-refractivity contribution in [2.45, 2.75) is 52.5 Å². The molecule has 0 aromatic carbocycles. The summed E-state index contributed by atoms with van der Waals surface area (Å²) in [6.07, 6.45) is 1.88. The Labute approximate surface area is 103 Å². The van der Waals surface area contributed by atoms with Gasteiger partial charge < -0.3 is 4.57 Å². The third kappa shape index (κ3) is 2.19. The zero-order chi connectivity index (χ0) is 12.8. The fourth-order valence-corrected chi connectivity index (χ4v) is 1.80. The number of hydrogen-bond donors (Lipinski definition) is 0. The minimum Gasteiger partial charge on any atom is -0.310 e. The second-order valence-corrected chi connectivity index (χ2v) is 6.57. The molecule has 17 heavy (non-hydrogen) atoms. The summed E-state index contributed by atoms with van der Waals surface area (Å²) in [4.78, 5) is 9.18. The summed E-state index contributed by atoms with van der Waals surface area (Å²) in [5, 5.41) is 0. The number of pyridine rings is 1. The minimum atomic E-state index is 0.0122. The molecule has 3 nitrogen and oxygen atoms in total. The first kappa shape index (κ1) is 12.1. The Bertz CT molecular complexity index is 539. The predicted molar refractivity (Wildman–Crippen MR) is 71.2 cm³/mol. The molecular formula is C14H21N3. The molecule has 0 aliphatic rings. The zero-order valence-corrected chi connectivity index (χ0v) is 11.6. The monoisotopic (exact) mass is 231 g/mol. The number of hydrogen-bond acceptors (Lipinski definition) is 2. The minimum absolute atomic E-state index is 0.0122. The number of aromatic nitrogens is 3. The highest BCUT2D eigenvalue weighted by Gasteiger charge is 2.20. The van der Waals surface area contributed by atoms with Crippen LogP contribution in [0.15, 0.2) is 18.5 Å². The number of nitrogens with zero attached hydrogens (tertiary/aromatic N) is 3. The molecule has 0 unspecified atom stereocenters. The van der Waals surface area contributed by atoms with Crippen molar-refractivity contribution >= 4 is 11.2 Å². The van der Waals surface area contributed by atoms with Gasteiger partial charge in [0.15, 0.2) is 5.65 Å². The Morgan fingerprint density at radius 1 is 1.00 bits per heavy atom. The van der Waals surface area contributed by atoms with Gasteiger partial charge in [-0.25, -0.2) is 9.97 Å². The number of fused-ring (bicyclic) bond motifs is 1. The van der Waals surface area contributed by atoms with Crippen LogP contribution in [0.4, 0.5) is 0 Å². The molecule has 2 heterocycles. The molecule has 0 radical (unpaired) electrons. The van der Waals surface area contributed by atoms with Crippen LogP contribution in [0.5, 0.6) is 0 Å². The van der Waals surface area contributed by atoms with Crippen LogP contribution >= 0.6 is 0 Å². The van der Waals surface area contributed by atoms with E-state index < -0.39 is 0 Å². The summed E-state index contributed by atoms with van der Waals surface area (Å²) < 4.78 is 2.14. The molecule has 0 aliphatic carbocycles. The Kier molecular flexibility index (Phi) is 2.53. The van der Waals surface area contributed by atoms with E-state index in [1.54, 1.807) is 0 Å². The molecular weight excluding hydrogens is 210 g/mol. The molecule has 0 N–H and O–H groups in total. The highest BCUT2D eigenvalue weighted by molar-refractivity contribution is 5.71. The largest absolute Gasteiger partial charge is 0.310 e.